The number of hydrogen-bond acceptors (Lipinski definition) is 4. The van der Waals surface area contributed by atoms with Gasteiger partial charge in [-0.1, -0.05) is 36.4 Å². The number of nitrogens with one attached hydrogen (secondary N) is 1. The zero-order valence-corrected chi connectivity index (χ0v) is 18.9. The van der Waals surface area contributed by atoms with Crippen molar-refractivity contribution in [2.75, 3.05) is 33.8 Å². The minimum Gasteiger partial charge on any atom is -0.490 e. The van der Waals surface area contributed by atoms with Crippen molar-refractivity contribution < 1.29 is 18.8 Å². The van der Waals surface area contributed by atoms with Crippen LogP contribution in [0.4, 0.5) is 0 Å². The van der Waals surface area contributed by atoms with Crippen molar-refractivity contribution in [3.05, 3.63) is 87.3 Å². The normalized spacial score (nSPS) is 15.4. The molecule has 1 amide bonds. The van der Waals surface area contributed by atoms with Crippen LogP contribution in [0.5, 0.6) is 5.75 Å². The Morgan fingerprint density at radius 3 is 2.62 bits per heavy atom. The Morgan fingerprint density at radius 1 is 1.19 bits per heavy atom. The van der Waals surface area contributed by atoms with Crippen molar-refractivity contribution in [1.82, 2.24) is 4.90 Å². The fraction of sp³-hybridized carbons (Fsp3) is 0.280. The van der Waals surface area contributed by atoms with Gasteiger partial charge in [0.05, 0.1) is 37.6 Å². The summed E-state index contributed by atoms with van der Waals surface area (Å²) in [4.78, 5) is 29.9. The third-order valence-electron chi connectivity index (χ3n) is 5.57. The van der Waals surface area contributed by atoms with E-state index in [-0.39, 0.29) is 17.1 Å². The summed E-state index contributed by atoms with van der Waals surface area (Å²) < 4.78 is 11.5. The van der Waals surface area contributed by atoms with Gasteiger partial charge in [0.15, 0.2) is 5.43 Å². The minimum absolute atomic E-state index is 0.110. The summed E-state index contributed by atoms with van der Waals surface area (Å²) >= 11 is 6.13. The highest BCUT2D eigenvalue weighted by Gasteiger charge is 2.42. The molecule has 7 heteroatoms. The zero-order valence-electron chi connectivity index (χ0n) is 18.2. The Bertz CT molecular complexity index is 1220. The lowest BCUT2D eigenvalue weighted by atomic mass is 9.98. The van der Waals surface area contributed by atoms with Gasteiger partial charge in [-0.3, -0.25) is 9.59 Å². The van der Waals surface area contributed by atoms with E-state index < -0.39 is 6.04 Å². The fourth-order valence-corrected chi connectivity index (χ4v) is 4.25. The van der Waals surface area contributed by atoms with Gasteiger partial charge in [-0.05, 0) is 35.9 Å². The topological polar surface area (TPSA) is 64.2 Å². The number of hydrogen-bond donors (Lipinski definition) is 1. The van der Waals surface area contributed by atoms with Crippen molar-refractivity contribution >= 4 is 28.5 Å². The summed E-state index contributed by atoms with van der Waals surface area (Å²) in [6, 6.07) is 11.8. The van der Waals surface area contributed by atoms with E-state index in [1.165, 1.54) is 4.90 Å². The zero-order chi connectivity index (χ0) is 22.8. The van der Waals surface area contributed by atoms with Crippen LogP contribution in [0.3, 0.4) is 0 Å². The van der Waals surface area contributed by atoms with Crippen LogP contribution in [0.25, 0.3) is 11.0 Å². The molecule has 1 atom stereocenters. The Hall–Kier alpha value is -3.09. The fourth-order valence-electron chi connectivity index (χ4n) is 4.07. The monoisotopic (exact) mass is 453 g/mol. The van der Waals surface area contributed by atoms with Crippen molar-refractivity contribution in [1.29, 1.82) is 0 Å². The highest BCUT2D eigenvalue weighted by molar-refractivity contribution is 6.31. The molecule has 0 saturated carbocycles. The maximum absolute atomic E-state index is 13.5. The first-order chi connectivity index (χ1) is 15.4. The highest BCUT2D eigenvalue weighted by atomic mass is 35.5. The Morgan fingerprint density at radius 2 is 1.94 bits per heavy atom. The summed E-state index contributed by atoms with van der Waals surface area (Å²) in [6.07, 6.45) is 2.48. The minimum atomic E-state index is -0.525. The first kappa shape index (κ1) is 22.1. The maximum Gasteiger partial charge on any atom is 0.290 e. The predicted molar refractivity (Wildman–Crippen MR) is 125 cm³/mol. The number of quaternary nitrogens is 1. The van der Waals surface area contributed by atoms with Crippen LogP contribution < -0.4 is 15.1 Å². The maximum atomic E-state index is 13.5. The second kappa shape index (κ2) is 9.18. The summed E-state index contributed by atoms with van der Waals surface area (Å²) in [5.74, 6) is 0.539. The van der Waals surface area contributed by atoms with Crippen molar-refractivity contribution in [3.8, 4) is 5.75 Å². The molecule has 1 aromatic heterocycles. The second-order valence-corrected chi connectivity index (χ2v) is 8.63. The number of carbonyl (C=O) groups is 1. The second-order valence-electron chi connectivity index (χ2n) is 8.19. The summed E-state index contributed by atoms with van der Waals surface area (Å²) in [6.45, 7) is 5.48. The first-order valence-corrected chi connectivity index (χ1v) is 11.0. The lowest BCUT2D eigenvalue weighted by molar-refractivity contribution is -0.858. The Labute approximate surface area is 191 Å². The Kier molecular flexibility index (Phi) is 6.35. The van der Waals surface area contributed by atoms with Gasteiger partial charge >= 0.3 is 0 Å². The van der Waals surface area contributed by atoms with E-state index in [1.54, 1.807) is 29.2 Å². The Balaban J connectivity index is 1.81. The molecule has 2 heterocycles. The van der Waals surface area contributed by atoms with E-state index in [0.717, 1.165) is 18.5 Å². The van der Waals surface area contributed by atoms with Crippen molar-refractivity contribution in [3.63, 3.8) is 0 Å². The molecule has 32 heavy (non-hydrogen) atoms. The van der Waals surface area contributed by atoms with Gasteiger partial charge in [0.25, 0.3) is 5.91 Å². The van der Waals surface area contributed by atoms with Crippen LogP contribution in [0.1, 0.15) is 34.1 Å². The lowest BCUT2D eigenvalue weighted by Crippen LogP contribution is -3.05. The molecule has 1 aliphatic rings. The molecule has 4 rings (SSSR count). The molecule has 0 fully saturated rings. The molecule has 0 saturated heterocycles. The van der Waals surface area contributed by atoms with Gasteiger partial charge < -0.3 is 19.0 Å². The quantitative estimate of drug-likeness (QED) is 0.532. The summed E-state index contributed by atoms with van der Waals surface area (Å²) in [5.41, 5.74) is 1.32. The molecule has 2 aromatic carbocycles. The lowest BCUT2D eigenvalue weighted by Gasteiger charge is -2.25. The molecular formula is C25H26ClN2O4+. The number of carbonyl (C=O) groups excluding carboxylic acids is 1. The third-order valence-corrected chi connectivity index (χ3v) is 5.80. The third kappa shape index (κ3) is 4.16. The SMILES string of the molecule is C=CCOc1ccc([C@@H]2c3c(oc4ccc(Cl)cc4c3=O)C(=O)N2CCC[NH+](C)C)cc1. The molecule has 3 aromatic rings. The van der Waals surface area contributed by atoms with Gasteiger partial charge in [0.1, 0.15) is 17.9 Å². The number of halogens is 1. The number of nitrogens with zero attached hydrogens (tertiary/aromatic N) is 1. The van der Waals surface area contributed by atoms with Crippen LogP contribution in [-0.2, 0) is 0 Å². The van der Waals surface area contributed by atoms with Crippen LogP contribution in [-0.4, -0.2) is 44.6 Å². The summed E-state index contributed by atoms with van der Waals surface area (Å²) in [5, 5.41) is 0.819. The van der Waals surface area contributed by atoms with Crippen molar-refractivity contribution in [2.24, 2.45) is 0 Å². The number of benzene rings is 2. The number of rotatable bonds is 8. The van der Waals surface area contributed by atoms with E-state index in [4.69, 9.17) is 20.8 Å². The molecule has 166 valence electrons. The molecule has 0 bridgehead atoms. The van der Waals surface area contributed by atoms with E-state index >= 15 is 0 Å². The number of fused-ring (bicyclic) bond motifs is 2. The summed E-state index contributed by atoms with van der Waals surface area (Å²) in [7, 11) is 4.14. The molecule has 0 spiro atoms. The molecule has 0 aliphatic carbocycles. The van der Waals surface area contributed by atoms with Gasteiger partial charge in [-0.25, -0.2) is 0 Å². The smallest absolute Gasteiger partial charge is 0.290 e. The van der Waals surface area contributed by atoms with Crippen molar-refractivity contribution in [2.45, 2.75) is 12.5 Å². The molecule has 1 N–H and O–H groups in total. The molecule has 0 radical (unpaired) electrons. The van der Waals surface area contributed by atoms with Crippen LogP contribution in [0, 0.1) is 0 Å². The standard InChI is InChI=1S/C25H25ClN2O4/c1-4-14-31-18-9-6-16(7-10-18)22-21-23(29)19-15-17(26)8-11-20(19)32-24(21)25(30)28(22)13-5-12-27(2)3/h4,6-11,15,22H,1,5,12-14H2,2-3H3/p+1/t22-/m1/s1. The first-order valence-electron chi connectivity index (χ1n) is 10.6. The van der Waals surface area contributed by atoms with E-state index in [0.29, 0.717) is 40.5 Å². The molecule has 1 aliphatic heterocycles. The average Bonchev–Trinajstić information content (AvgIpc) is 3.05. The van der Waals surface area contributed by atoms with Gasteiger partial charge in [-0.15, -0.1) is 0 Å². The van der Waals surface area contributed by atoms with Gasteiger partial charge in [0, 0.05) is 18.0 Å². The van der Waals surface area contributed by atoms with Gasteiger partial charge in [0.2, 0.25) is 5.76 Å². The van der Waals surface area contributed by atoms with Gasteiger partial charge in [-0.2, -0.15) is 0 Å². The largest absolute Gasteiger partial charge is 0.490 e. The molecule has 0 unspecified atom stereocenters. The van der Waals surface area contributed by atoms with Crippen LogP contribution in [0.2, 0.25) is 5.02 Å². The number of amides is 1. The van der Waals surface area contributed by atoms with E-state index in [1.807, 2.05) is 24.3 Å². The molecular weight excluding hydrogens is 428 g/mol. The van der Waals surface area contributed by atoms with Crippen LogP contribution in [0.15, 0.2) is 64.3 Å². The van der Waals surface area contributed by atoms with E-state index in [2.05, 4.69) is 20.7 Å². The highest BCUT2D eigenvalue weighted by Crippen LogP contribution is 2.38. The average molecular weight is 454 g/mol. The predicted octanol–water partition coefficient (Wildman–Crippen LogP) is 3.09. The number of ether oxygens (including phenoxy) is 1. The van der Waals surface area contributed by atoms with E-state index in [9.17, 15) is 9.59 Å². The molecule has 6 nitrogen and oxygen atoms in total. The van der Waals surface area contributed by atoms with Crippen LogP contribution >= 0.6 is 11.6 Å².